The number of rotatable bonds is 11. The van der Waals surface area contributed by atoms with Gasteiger partial charge < -0.3 is 10.2 Å². The van der Waals surface area contributed by atoms with Crippen LogP contribution in [-0.2, 0) is 32.3 Å². The van der Waals surface area contributed by atoms with E-state index in [9.17, 15) is 31.2 Å². The predicted octanol–water partition coefficient (Wildman–Crippen LogP) is 6.40. The molecule has 0 aliphatic rings. The van der Waals surface area contributed by atoms with Crippen molar-refractivity contribution in [3.05, 3.63) is 94.0 Å². The van der Waals surface area contributed by atoms with Gasteiger partial charge in [0, 0.05) is 18.1 Å². The van der Waals surface area contributed by atoms with Gasteiger partial charge in [0.1, 0.15) is 12.6 Å². The van der Waals surface area contributed by atoms with Crippen molar-refractivity contribution in [2.45, 2.75) is 44.4 Å². The highest BCUT2D eigenvalue weighted by Gasteiger charge is 2.36. The molecule has 0 unspecified atom stereocenters. The maximum absolute atomic E-state index is 13.9. The van der Waals surface area contributed by atoms with E-state index in [-0.39, 0.29) is 22.4 Å². The zero-order valence-electron chi connectivity index (χ0n) is 23.0. The Morgan fingerprint density at radius 1 is 0.929 bits per heavy atom. The van der Waals surface area contributed by atoms with E-state index >= 15 is 0 Å². The molecule has 0 fully saturated rings. The highest BCUT2D eigenvalue weighted by Crippen LogP contribution is 2.37. The molecule has 0 spiro atoms. The van der Waals surface area contributed by atoms with E-state index in [0.29, 0.717) is 33.6 Å². The number of nitrogens with one attached hydrogen (secondary N) is 1. The van der Waals surface area contributed by atoms with Crippen LogP contribution in [0.25, 0.3) is 0 Å². The summed E-state index contributed by atoms with van der Waals surface area (Å²) in [5.74, 6) is -1.23. The van der Waals surface area contributed by atoms with E-state index in [1.807, 2.05) is 13.8 Å². The van der Waals surface area contributed by atoms with Crippen LogP contribution in [0, 0.1) is 5.92 Å². The van der Waals surface area contributed by atoms with Crippen LogP contribution < -0.4 is 9.62 Å². The number of sulfonamides is 1. The van der Waals surface area contributed by atoms with E-state index in [1.165, 1.54) is 31.2 Å². The Hall–Kier alpha value is -3.28. The van der Waals surface area contributed by atoms with Crippen LogP contribution in [0.4, 0.5) is 18.9 Å². The molecule has 0 bridgehead atoms. The molecule has 1 N–H and O–H groups in total. The van der Waals surface area contributed by atoms with Crippen LogP contribution in [0.3, 0.4) is 0 Å². The zero-order valence-corrected chi connectivity index (χ0v) is 25.4. The molecule has 0 aromatic heterocycles. The minimum absolute atomic E-state index is 0.118. The number of halogens is 5. The second kappa shape index (κ2) is 13.8. The predicted molar refractivity (Wildman–Crippen MR) is 157 cm³/mol. The summed E-state index contributed by atoms with van der Waals surface area (Å²) >= 11 is 12.4. The lowest BCUT2D eigenvalue weighted by atomic mass is 10.1. The van der Waals surface area contributed by atoms with Crippen LogP contribution in [0.15, 0.2) is 77.7 Å². The van der Waals surface area contributed by atoms with Crippen LogP contribution >= 0.6 is 23.2 Å². The minimum atomic E-state index is -4.81. The highest BCUT2D eigenvalue weighted by molar-refractivity contribution is 7.92. The molecule has 0 saturated heterocycles. The van der Waals surface area contributed by atoms with Gasteiger partial charge in [-0.1, -0.05) is 67.4 Å². The molecule has 42 heavy (non-hydrogen) atoms. The molecule has 0 aliphatic carbocycles. The fraction of sp³-hybridized carbons (Fsp3) is 0.310. The Bertz CT molecular complexity index is 1520. The fourth-order valence-electron chi connectivity index (χ4n) is 3.98. The Labute approximate surface area is 253 Å². The Kier molecular flexibility index (Phi) is 10.9. The van der Waals surface area contributed by atoms with Crippen LogP contribution in [-0.4, -0.2) is 44.3 Å². The number of hydrogen-bond acceptors (Lipinski definition) is 4. The third-order valence-corrected chi connectivity index (χ3v) is 8.57. The van der Waals surface area contributed by atoms with Gasteiger partial charge >= 0.3 is 6.18 Å². The first-order chi connectivity index (χ1) is 19.6. The third kappa shape index (κ3) is 8.39. The monoisotopic (exact) mass is 643 g/mol. The lowest BCUT2D eigenvalue weighted by molar-refractivity contribution is -0.139. The number of benzene rings is 3. The van der Waals surface area contributed by atoms with Crippen molar-refractivity contribution in [3.63, 3.8) is 0 Å². The first-order valence-corrected chi connectivity index (χ1v) is 15.1. The molecule has 1 atom stereocenters. The van der Waals surface area contributed by atoms with Gasteiger partial charge in [-0.2, -0.15) is 13.2 Å². The van der Waals surface area contributed by atoms with Gasteiger partial charge in [0.2, 0.25) is 11.8 Å². The van der Waals surface area contributed by atoms with E-state index in [4.69, 9.17) is 23.2 Å². The van der Waals surface area contributed by atoms with Crippen molar-refractivity contribution >= 4 is 50.7 Å². The topological polar surface area (TPSA) is 86.8 Å². The molecule has 13 heteroatoms. The van der Waals surface area contributed by atoms with Gasteiger partial charge in [0.15, 0.2) is 0 Å². The Morgan fingerprint density at radius 2 is 1.60 bits per heavy atom. The van der Waals surface area contributed by atoms with Crippen LogP contribution in [0.5, 0.6) is 0 Å². The average Bonchev–Trinajstić information content (AvgIpc) is 2.93. The van der Waals surface area contributed by atoms with Crippen molar-refractivity contribution in [2.24, 2.45) is 5.92 Å². The smallest absolute Gasteiger partial charge is 0.354 e. The van der Waals surface area contributed by atoms with Crippen molar-refractivity contribution in [3.8, 4) is 0 Å². The number of carbonyl (C=O) groups is 2. The minimum Gasteiger partial charge on any atom is -0.354 e. The maximum Gasteiger partial charge on any atom is 0.416 e. The van der Waals surface area contributed by atoms with Crippen LogP contribution in [0.2, 0.25) is 10.0 Å². The van der Waals surface area contributed by atoms with E-state index < -0.39 is 51.9 Å². The Balaban J connectivity index is 2.11. The molecule has 0 radical (unpaired) electrons. The summed E-state index contributed by atoms with van der Waals surface area (Å²) in [6.07, 6.45) is -4.81. The molecule has 0 saturated carbocycles. The van der Waals surface area contributed by atoms with Gasteiger partial charge in [-0.15, -0.1) is 0 Å². The second-order valence-corrected chi connectivity index (χ2v) is 12.7. The summed E-state index contributed by atoms with van der Waals surface area (Å²) in [5, 5.41) is 2.81. The van der Waals surface area contributed by atoms with Gasteiger partial charge in [-0.3, -0.25) is 13.9 Å². The van der Waals surface area contributed by atoms with Crippen LogP contribution in [0.1, 0.15) is 31.9 Å². The first kappa shape index (κ1) is 33.2. The van der Waals surface area contributed by atoms with E-state index in [2.05, 4.69) is 5.32 Å². The second-order valence-electron chi connectivity index (χ2n) is 9.96. The van der Waals surface area contributed by atoms with Gasteiger partial charge in [-0.05, 0) is 60.9 Å². The molecule has 3 rings (SSSR count). The van der Waals surface area contributed by atoms with Crippen molar-refractivity contribution < 1.29 is 31.2 Å². The average molecular weight is 645 g/mol. The Morgan fingerprint density at radius 3 is 2.19 bits per heavy atom. The molecule has 0 heterocycles. The SMILES string of the molecule is CC(C)CNC(=O)[C@H](C)N(Cc1cccc(Cl)c1)C(=O)CN(c1cc(C(F)(F)F)ccc1Cl)S(=O)(=O)c1ccccc1. The van der Waals surface area contributed by atoms with Crippen molar-refractivity contribution in [1.82, 2.24) is 10.2 Å². The summed E-state index contributed by atoms with van der Waals surface area (Å²) in [7, 11) is -4.60. The third-order valence-electron chi connectivity index (χ3n) is 6.25. The largest absolute Gasteiger partial charge is 0.416 e. The van der Waals surface area contributed by atoms with Crippen molar-refractivity contribution in [2.75, 3.05) is 17.4 Å². The highest BCUT2D eigenvalue weighted by atomic mass is 35.5. The number of alkyl halides is 3. The lowest BCUT2D eigenvalue weighted by Gasteiger charge is -2.32. The number of hydrogen-bond donors (Lipinski definition) is 1. The number of nitrogens with zero attached hydrogens (tertiary/aromatic N) is 2. The van der Waals surface area contributed by atoms with E-state index in [1.54, 1.807) is 30.3 Å². The molecule has 3 aromatic rings. The quantitative estimate of drug-likeness (QED) is 0.262. The first-order valence-electron chi connectivity index (χ1n) is 12.9. The number of carbonyl (C=O) groups excluding carboxylic acids is 2. The molecule has 0 aliphatic heterocycles. The summed E-state index contributed by atoms with van der Waals surface area (Å²) in [6, 6.07) is 14.6. The molecule has 7 nitrogen and oxygen atoms in total. The molecular weight excluding hydrogens is 614 g/mol. The van der Waals surface area contributed by atoms with E-state index in [0.717, 1.165) is 11.0 Å². The normalized spacial score (nSPS) is 12.6. The van der Waals surface area contributed by atoms with Crippen molar-refractivity contribution in [1.29, 1.82) is 0 Å². The fourth-order valence-corrected chi connectivity index (χ4v) is 5.91. The molecule has 2 amide bonds. The zero-order chi connectivity index (χ0) is 31.2. The summed E-state index contributed by atoms with van der Waals surface area (Å²) in [5.41, 5.74) is -1.14. The van der Waals surface area contributed by atoms with Gasteiger partial charge in [0.05, 0.1) is 21.2 Å². The maximum atomic E-state index is 13.9. The number of anilines is 1. The summed E-state index contributed by atoms with van der Waals surface area (Å²) in [6.45, 7) is 4.52. The molecule has 3 aromatic carbocycles. The summed E-state index contributed by atoms with van der Waals surface area (Å²) < 4.78 is 69.0. The lowest BCUT2D eigenvalue weighted by Crippen LogP contribution is -2.51. The van der Waals surface area contributed by atoms with Gasteiger partial charge in [-0.25, -0.2) is 8.42 Å². The molecule has 226 valence electrons. The molecular formula is C29H30Cl2F3N3O4S. The number of amides is 2. The van der Waals surface area contributed by atoms with Gasteiger partial charge in [0.25, 0.3) is 10.0 Å². The standard InChI is InChI=1S/C29H30Cl2F3N3O4S/c1-19(2)16-35-28(39)20(3)36(17-21-8-7-9-23(30)14-21)27(38)18-37(42(40,41)24-10-5-4-6-11-24)26-15-22(29(32,33)34)12-13-25(26)31/h4-15,19-20H,16-18H2,1-3H3,(H,35,39)/t20-/m0/s1. The summed E-state index contributed by atoms with van der Waals surface area (Å²) in [4.78, 5) is 27.8.